The van der Waals surface area contributed by atoms with Crippen LogP contribution in [0.3, 0.4) is 0 Å². The molecule has 0 atom stereocenters. The highest BCUT2D eigenvalue weighted by Crippen LogP contribution is 2.27. The molecule has 0 aliphatic rings. The fraction of sp³-hybridized carbons (Fsp3) is 0.235. The molecule has 0 bridgehead atoms. The smallest absolute Gasteiger partial charge is 0.394 e. The van der Waals surface area contributed by atoms with Gasteiger partial charge < -0.3 is 11.5 Å². The van der Waals surface area contributed by atoms with Gasteiger partial charge in [0.25, 0.3) is 0 Å². The van der Waals surface area contributed by atoms with Crippen LogP contribution >= 0.6 is 0 Å². The quantitative estimate of drug-likeness (QED) is 0.314. The van der Waals surface area contributed by atoms with Crippen molar-refractivity contribution in [2.45, 2.75) is 27.7 Å². The maximum absolute atomic E-state index is 8.74. The number of hydrogen-bond acceptors (Lipinski definition) is 5. The van der Waals surface area contributed by atoms with Crippen LogP contribution in [0.5, 0.6) is 0 Å². The van der Waals surface area contributed by atoms with Crippen LogP contribution in [0.2, 0.25) is 0 Å². The van der Waals surface area contributed by atoms with E-state index in [-0.39, 0.29) is 0 Å². The van der Waals surface area contributed by atoms with E-state index in [1.807, 2.05) is 52.0 Å². The van der Waals surface area contributed by atoms with E-state index in [1.165, 1.54) is 0 Å². The summed E-state index contributed by atoms with van der Waals surface area (Å²) >= 11 is 0. The molecule has 0 saturated carbocycles. The second-order valence-electron chi connectivity index (χ2n) is 5.76. The molecule has 0 heterocycles. The van der Waals surface area contributed by atoms with Gasteiger partial charge in [0.2, 0.25) is 0 Å². The molecule has 0 aliphatic heterocycles. The normalized spacial score (nSPS) is 10.8. The Morgan fingerprint density at radius 2 is 1.12 bits per heavy atom. The molecule has 0 amide bonds. The van der Waals surface area contributed by atoms with Crippen molar-refractivity contribution in [3.8, 4) is 0 Å². The Kier molecular flexibility index (Phi) is 6.31. The topological polar surface area (TPSA) is 150 Å². The first-order valence-electron chi connectivity index (χ1n) is 7.35. The van der Waals surface area contributed by atoms with Gasteiger partial charge in [0, 0.05) is 22.5 Å². The number of anilines is 2. The monoisotopic (exact) mass is 365 g/mol. The molecule has 8 heteroatoms. The van der Waals surface area contributed by atoms with E-state index in [1.54, 1.807) is 0 Å². The van der Waals surface area contributed by atoms with E-state index in [0.717, 1.165) is 33.4 Å². The Hall–Kier alpha value is -2.42. The predicted molar refractivity (Wildman–Crippen MR) is 101 cm³/mol. The van der Waals surface area contributed by atoms with Crippen molar-refractivity contribution in [2.24, 2.45) is 0 Å². The minimum atomic E-state index is -4.67. The van der Waals surface area contributed by atoms with Crippen LogP contribution in [-0.2, 0) is 10.4 Å². The number of nitrogen functional groups attached to an aromatic ring is 2. The first kappa shape index (κ1) is 20.6. The number of rotatable bonds is 2. The lowest BCUT2D eigenvalue weighted by molar-refractivity contribution is 0.381. The van der Waals surface area contributed by atoms with Gasteiger partial charge >= 0.3 is 10.4 Å². The van der Waals surface area contributed by atoms with Gasteiger partial charge in [-0.3, -0.25) is 14.5 Å². The Morgan fingerprint density at radius 3 is 1.40 bits per heavy atom. The molecule has 136 valence electrons. The molecule has 7 N–H and O–H groups in total. The van der Waals surface area contributed by atoms with Gasteiger partial charge in [-0.2, -0.15) is 8.42 Å². The molecule has 0 spiro atoms. The Bertz CT molecular complexity index is 854. The third-order valence-electron chi connectivity index (χ3n) is 4.11. The summed E-state index contributed by atoms with van der Waals surface area (Å²) in [5, 5.41) is 8.43. The molecule has 7 nitrogen and oxygen atoms in total. The van der Waals surface area contributed by atoms with Gasteiger partial charge in [0.05, 0.1) is 5.71 Å². The summed E-state index contributed by atoms with van der Waals surface area (Å²) in [5.74, 6) is 0. The Morgan fingerprint density at radius 1 is 0.840 bits per heavy atom. The first-order valence-corrected chi connectivity index (χ1v) is 8.74. The van der Waals surface area contributed by atoms with Crippen molar-refractivity contribution in [3.63, 3.8) is 0 Å². The van der Waals surface area contributed by atoms with Gasteiger partial charge in [0.1, 0.15) is 0 Å². The van der Waals surface area contributed by atoms with Crippen LogP contribution in [0.25, 0.3) is 0 Å². The van der Waals surface area contributed by atoms with Gasteiger partial charge in [-0.15, -0.1) is 0 Å². The van der Waals surface area contributed by atoms with E-state index in [0.29, 0.717) is 17.1 Å². The van der Waals surface area contributed by atoms with Gasteiger partial charge in [-0.1, -0.05) is 24.3 Å². The number of benzene rings is 2. The van der Waals surface area contributed by atoms with Gasteiger partial charge in [-0.05, 0) is 49.9 Å². The third kappa shape index (κ3) is 5.28. The molecular formula is C17H23N3O4S. The molecule has 2 aromatic carbocycles. The van der Waals surface area contributed by atoms with E-state index in [9.17, 15) is 0 Å². The summed E-state index contributed by atoms with van der Waals surface area (Å²) in [5.41, 5.74) is 19.8. The summed E-state index contributed by atoms with van der Waals surface area (Å²) in [7, 11) is -4.67. The second kappa shape index (κ2) is 7.64. The van der Waals surface area contributed by atoms with Crippen molar-refractivity contribution < 1.29 is 17.5 Å². The molecule has 2 aromatic rings. The molecule has 0 fully saturated rings. The fourth-order valence-corrected chi connectivity index (χ4v) is 2.26. The zero-order valence-corrected chi connectivity index (χ0v) is 15.4. The van der Waals surface area contributed by atoms with E-state index < -0.39 is 10.4 Å². The molecule has 0 radical (unpaired) electrons. The van der Waals surface area contributed by atoms with Crippen LogP contribution < -0.4 is 11.5 Å². The first-order chi connectivity index (χ1) is 11.3. The highest BCUT2D eigenvalue weighted by molar-refractivity contribution is 7.79. The maximum atomic E-state index is 8.74. The lowest BCUT2D eigenvalue weighted by Gasteiger charge is -2.15. The molecular weight excluding hydrogens is 342 g/mol. The van der Waals surface area contributed by atoms with E-state index >= 15 is 0 Å². The molecule has 0 aromatic heterocycles. The van der Waals surface area contributed by atoms with Crippen LogP contribution in [-0.4, -0.2) is 23.2 Å². The molecule has 25 heavy (non-hydrogen) atoms. The third-order valence-corrected chi connectivity index (χ3v) is 4.11. The van der Waals surface area contributed by atoms with Crippen molar-refractivity contribution in [3.05, 3.63) is 57.6 Å². The lowest BCUT2D eigenvalue weighted by Crippen LogP contribution is -2.11. The van der Waals surface area contributed by atoms with Crippen molar-refractivity contribution in [1.82, 2.24) is 0 Å². The molecule has 0 saturated heterocycles. The average Bonchev–Trinajstić information content (AvgIpc) is 2.48. The summed E-state index contributed by atoms with van der Waals surface area (Å²) in [6.45, 7) is 7.99. The molecule has 0 unspecified atom stereocenters. The number of nitrogens with one attached hydrogen (secondary N) is 1. The number of aryl methyl sites for hydroxylation is 2. The van der Waals surface area contributed by atoms with Crippen LogP contribution in [0.4, 0.5) is 11.4 Å². The summed E-state index contributed by atoms with van der Waals surface area (Å²) < 4.78 is 31.6. The Balaban J connectivity index is 0.000000550. The lowest BCUT2D eigenvalue weighted by atomic mass is 9.93. The molecule has 0 aliphatic carbocycles. The van der Waals surface area contributed by atoms with Crippen LogP contribution in [0.1, 0.15) is 33.4 Å². The minimum Gasteiger partial charge on any atom is -0.398 e. The van der Waals surface area contributed by atoms with Gasteiger partial charge in [0.15, 0.2) is 0 Å². The van der Waals surface area contributed by atoms with E-state index in [4.69, 9.17) is 34.4 Å². The highest BCUT2D eigenvalue weighted by atomic mass is 32.3. The fourth-order valence-electron chi connectivity index (χ4n) is 2.26. The number of hydrogen-bond donors (Lipinski definition) is 5. The zero-order chi connectivity index (χ0) is 19.5. The van der Waals surface area contributed by atoms with Gasteiger partial charge in [-0.25, -0.2) is 0 Å². The summed E-state index contributed by atoms with van der Waals surface area (Å²) in [6, 6.07) is 7.78. The average molecular weight is 365 g/mol. The highest BCUT2D eigenvalue weighted by Gasteiger charge is 2.15. The largest absolute Gasteiger partial charge is 0.398 e. The molecule has 2 rings (SSSR count). The zero-order valence-electron chi connectivity index (χ0n) is 14.6. The maximum Gasteiger partial charge on any atom is 0.394 e. The summed E-state index contributed by atoms with van der Waals surface area (Å²) in [6.07, 6.45) is 0. The van der Waals surface area contributed by atoms with E-state index in [2.05, 4.69) is 0 Å². The number of nitrogens with two attached hydrogens (primary N) is 2. The van der Waals surface area contributed by atoms with Crippen LogP contribution in [0.15, 0.2) is 24.3 Å². The van der Waals surface area contributed by atoms with Crippen molar-refractivity contribution in [1.29, 1.82) is 5.41 Å². The van der Waals surface area contributed by atoms with Crippen LogP contribution in [0, 0.1) is 33.1 Å². The van der Waals surface area contributed by atoms with Crippen molar-refractivity contribution in [2.75, 3.05) is 11.5 Å². The SMILES string of the molecule is Cc1ccc(C(=N)c2ccc(C)c(C)c2N)c(N)c1C.O=S(=O)(O)O. The Labute approximate surface area is 147 Å². The predicted octanol–water partition coefficient (Wildman–Crippen LogP) is 2.85. The minimum absolute atomic E-state index is 0.381. The second-order valence-corrected chi connectivity index (χ2v) is 6.66. The summed E-state index contributed by atoms with van der Waals surface area (Å²) in [4.78, 5) is 0. The standard InChI is InChI=1S/C17H21N3.H2O4S/c1-9-5-7-13(15(18)11(9)3)17(20)14-8-6-10(2)12(4)16(14)19;1-5(2,3)4/h5-8,20H,18-19H2,1-4H3;(H2,1,2,3,4). The van der Waals surface area contributed by atoms with Crippen molar-refractivity contribution >= 4 is 27.5 Å².